The summed E-state index contributed by atoms with van der Waals surface area (Å²) in [5, 5.41) is 1.80. The average Bonchev–Trinajstić information content (AvgIpc) is 3.05. The molecule has 0 aliphatic carbocycles. The highest BCUT2D eigenvalue weighted by molar-refractivity contribution is 7.17. The summed E-state index contributed by atoms with van der Waals surface area (Å²) in [6.07, 6.45) is 2.71. The zero-order chi connectivity index (χ0) is 17.3. The summed E-state index contributed by atoms with van der Waals surface area (Å²) in [5.74, 6) is 0.602. The second-order valence-corrected chi connectivity index (χ2v) is 7.44. The molecule has 1 fully saturated rings. The quantitative estimate of drug-likeness (QED) is 0.847. The predicted molar refractivity (Wildman–Crippen MR) is 95.6 cm³/mol. The summed E-state index contributed by atoms with van der Waals surface area (Å²) in [7, 11) is 0. The van der Waals surface area contributed by atoms with E-state index in [1.807, 2.05) is 11.8 Å². The molecule has 24 heavy (non-hydrogen) atoms. The van der Waals surface area contributed by atoms with Crippen molar-refractivity contribution in [3.63, 3.8) is 0 Å². The van der Waals surface area contributed by atoms with Gasteiger partial charge in [-0.3, -0.25) is 18.7 Å². The average molecular weight is 349 g/mol. The molecule has 3 heterocycles. The minimum atomic E-state index is -0.383. The van der Waals surface area contributed by atoms with Gasteiger partial charge in [0.15, 0.2) is 0 Å². The van der Waals surface area contributed by atoms with E-state index in [2.05, 4.69) is 6.92 Å². The molecule has 0 saturated carbocycles. The van der Waals surface area contributed by atoms with Crippen molar-refractivity contribution in [1.29, 1.82) is 0 Å². The lowest BCUT2D eigenvalue weighted by atomic mass is 9.99. The fourth-order valence-corrected chi connectivity index (χ4v) is 4.04. The second kappa shape index (κ2) is 6.93. The molecule has 1 aliphatic rings. The number of carbonyl (C=O) groups excluding carboxylic acids is 1. The standard InChI is InChI=1S/C17H23N3O3S/c1-3-7-19-16(22)15-13(6-10-24-15)20(17(19)23)11-14(21)18-8-4-12(2)5-9-18/h6,10,12H,3-5,7-9,11H2,1-2H3. The monoisotopic (exact) mass is 349 g/mol. The van der Waals surface area contributed by atoms with Crippen LogP contribution in [0.2, 0.25) is 0 Å². The number of likely N-dealkylation sites (tertiary alicyclic amines) is 1. The van der Waals surface area contributed by atoms with Gasteiger partial charge in [-0.15, -0.1) is 11.3 Å². The van der Waals surface area contributed by atoms with Gasteiger partial charge in [0.2, 0.25) is 5.91 Å². The SMILES string of the molecule is CCCn1c(=O)c2sccc2n(CC(=O)N2CCC(C)CC2)c1=O. The highest BCUT2D eigenvalue weighted by Gasteiger charge is 2.22. The summed E-state index contributed by atoms with van der Waals surface area (Å²) < 4.78 is 3.26. The Kier molecular flexibility index (Phi) is 4.89. The number of aromatic nitrogens is 2. The van der Waals surface area contributed by atoms with Gasteiger partial charge in [-0.25, -0.2) is 4.79 Å². The van der Waals surface area contributed by atoms with E-state index >= 15 is 0 Å². The molecule has 130 valence electrons. The Morgan fingerprint density at radius 3 is 2.62 bits per heavy atom. The first kappa shape index (κ1) is 17.0. The number of hydrogen-bond donors (Lipinski definition) is 0. The third kappa shape index (κ3) is 3.05. The molecule has 0 radical (unpaired) electrons. The van der Waals surface area contributed by atoms with Crippen molar-refractivity contribution in [3.05, 3.63) is 32.3 Å². The summed E-state index contributed by atoms with van der Waals surface area (Å²) in [5.41, 5.74) is -0.0603. The van der Waals surface area contributed by atoms with Crippen LogP contribution in [0.1, 0.15) is 33.1 Å². The molecule has 0 N–H and O–H groups in total. The molecular weight excluding hydrogens is 326 g/mol. The molecule has 3 rings (SSSR count). The van der Waals surface area contributed by atoms with Crippen LogP contribution in [0.5, 0.6) is 0 Å². The van der Waals surface area contributed by atoms with Crippen LogP contribution in [0.15, 0.2) is 21.0 Å². The van der Waals surface area contributed by atoms with Crippen LogP contribution in [-0.2, 0) is 17.9 Å². The maximum absolute atomic E-state index is 12.7. The van der Waals surface area contributed by atoms with Crippen molar-refractivity contribution in [3.8, 4) is 0 Å². The number of piperidine rings is 1. The Morgan fingerprint density at radius 2 is 1.96 bits per heavy atom. The largest absolute Gasteiger partial charge is 0.341 e. The first-order valence-electron chi connectivity index (χ1n) is 8.51. The summed E-state index contributed by atoms with van der Waals surface area (Å²) in [4.78, 5) is 39.6. The minimum Gasteiger partial charge on any atom is -0.341 e. The highest BCUT2D eigenvalue weighted by atomic mass is 32.1. The lowest BCUT2D eigenvalue weighted by Gasteiger charge is -2.30. The number of hydrogen-bond acceptors (Lipinski definition) is 4. The Bertz CT molecular complexity index is 856. The van der Waals surface area contributed by atoms with Crippen LogP contribution >= 0.6 is 11.3 Å². The maximum Gasteiger partial charge on any atom is 0.332 e. The Labute approximate surface area is 144 Å². The molecule has 1 aliphatic heterocycles. The van der Waals surface area contributed by atoms with Gasteiger partial charge >= 0.3 is 5.69 Å². The van der Waals surface area contributed by atoms with Gasteiger partial charge < -0.3 is 4.90 Å². The van der Waals surface area contributed by atoms with E-state index in [9.17, 15) is 14.4 Å². The summed E-state index contributed by atoms with van der Waals surface area (Å²) >= 11 is 1.32. The van der Waals surface area contributed by atoms with E-state index in [-0.39, 0.29) is 23.7 Å². The van der Waals surface area contributed by atoms with Crippen LogP contribution < -0.4 is 11.2 Å². The van der Waals surface area contributed by atoms with Crippen molar-refractivity contribution in [2.45, 2.75) is 46.2 Å². The molecule has 0 bridgehead atoms. The zero-order valence-electron chi connectivity index (χ0n) is 14.2. The van der Waals surface area contributed by atoms with Crippen LogP contribution in [0.4, 0.5) is 0 Å². The van der Waals surface area contributed by atoms with E-state index in [4.69, 9.17) is 0 Å². The Hall–Kier alpha value is -1.89. The van der Waals surface area contributed by atoms with Gasteiger partial charge in [0.25, 0.3) is 5.56 Å². The molecule has 1 amide bonds. The van der Waals surface area contributed by atoms with Crippen molar-refractivity contribution >= 4 is 27.5 Å². The maximum atomic E-state index is 12.7. The number of rotatable bonds is 4. The highest BCUT2D eigenvalue weighted by Crippen LogP contribution is 2.18. The zero-order valence-corrected chi connectivity index (χ0v) is 15.0. The first-order valence-corrected chi connectivity index (χ1v) is 9.39. The smallest absolute Gasteiger partial charge is 0.332 e. The van der Waals surface area contributed by atoms with Crippen LogP contribution in [0, 0.1) is 5.92 Å². The fraction of sp³-hybridized carbons (Fsp3) is 0.588. The molecule has 6 nitrogen and oxygen atoms in total. The molecule has 7 heteroatoms. The second-order valence-electron chi connectivity index (χ2n) is 6.52. The lowest BCUT2D eigenvalue weighted by molar-refractivity contribution is -0.133. The van der Waals surface area contributed by atoms with Gasteiger partial charge in [-0.05, 0) is 36.6 Å². The minimum absolute atomic E-state index is 0.00441. The van der Waals surface area contributed by atoms with Gasteiger partial charge in [0, 0.05) is 19.6 Å². The van der Waals surface area contributed by atoms with E-state index in [0.717, 1.165) is 25.9 Å². The van der Waals surface area contributed by atoms with E-state index < -0.39 is 0 Å². The van der Waals surface area contributed by atoms with Crippen molar-refractivity contribution in [1.82, 2.24) is 14.0 Å². The third-order valence-electron chi connectivity index (χ3n) is 4.71. The molecule has 1 saturated heterocycles. The molecule has 0 atom stereocenters. The number of carbonyl (C=O) groups is 1. The van der Waals surface area contributed by atoms with E-state index in [1.54, 1.807) is 11.4 Å². The predicted octanol–water partition coefficient (Wildman–Crippen LogP) is 1.89. The van der Waals surface area contributed by atoms with Gasteiger partial charge in [-0.1, -0.05) is 13.8 Å². The third-order valence-corrected chi connectivity index (χ3v) is 5.60. The molecule has 0 unspecified atom stereocenters. The number of fused-ring (bicyclic) bond motifs is 1. The van der Waals surface area contributed by atoms with Crippen molar-refractivity contribution in [2.24, 2.45) is 5.92 Å². The van der Waals surface area contributed by atoms with E-state index in [1.165, 1.54) is 20.5 Å². The molecule has 2 aromatic heterocycles. The Balaban J connectivity index is 1.97. The van der Waals surface area contributed by atoms with Crippen molar-refractivity contribution in [2.75, 3.05) is 13.1 Å². The normalized spacial score (nSPS) is 16.0. The Morgan fingerprint density at radius 1 is 1.25 bits per heavy atom. The summed E-state index contributed by atoms with van der Waals surface area (Å²) in [6.45, 7) is 5.99. The van der Waals surface area contributed by atoms with Crippen LogP contribution in [-0.4, -0.2) is 33.0 Å². The van der Waals surface area contributed by atoms with Crippen molar-refractivity contribution < 1.29 is 4.79 Å². The number of nitrogens with zero attached hydrogens (tertiary/aromatic N) is 3. The van der Waals surface area contributed by atoms with E-state index in [0.29, 0.717) is 29.1 Å². The lowest BCUT2D eigenvalue weighted by Crippen LogP contribution is -2.44. The van der Waals surface area contributed by atoms with Gasteiger partial charge in [-0.2, -0.15) is 0 Å². The number of thiophene rings is 1. The molecule has 0 spiro atoms. The van der Waals surface area contributed by atoms with Gasteiger partial charge in [0.1, 0.15) is 11.2 Å². The molecular formula is C17H23N3O3S. The topological polar surface area (TPSA) is 64.3 Å². The first-order chi connectivity index (χ1) is 11.5. The van der Waals surface area contributed by atoms with Crippen LogP contribution in [0.3, 0.4) is 0 Å². The van der Waals surface area contributed by atoms with Crippen LogP contribution in [0.25, 0.3) is 10.2 Å². The van der Waals surface area contributed by atoms with Gasteiger partial charge in [0.05, 0.1) is 5.52 Å². The molecule has 0 aromatic carbocycles. The number of amides is 1. The fourth-order valence-electron chi connectivity index (χ4n) is 3.20. The summed E-state index contributed by atoms with van der Waals surface area (Å²) in [6, 6.07) is 1.75. The molecule has 2 aromatic rings.